The molecule has 2 aliphatic rings. The van der Waals surface area contributed by atoms with E-state index in [0.29, 0.717) is 40.4 Å². The number of methoxy groups -OCH3 is 2. The largest absolute Gasteiger partial charge is 0.493 e. The lowest BCUT2D eigenvalue weighted by Crippen LogP contribution is -2.23. The van der Waals surface area contributed by atoms with Crippen molar-refractivity contribution in [3.63, 3.8) is 0 Å². The standard InChI is InChI=1S/C25H24O6/c1-13-10-21-23(15-6-4-5-7-16(15)25(27)31-21)24-22(13)17(26)12-19(30-24)14-8-9-18(28-2)20(11-14)29-3/h8-11,19H,4-7,12H2,1-3H3. The molecular weight excluding hydrogens is 396 g/mol. The first-order chi connectivity index (χ1) is 15.0. The number of benzene rings is 2. The zero-order valence-corrected chi connectivity index (χ0v) is 17.9. The molecule has 0 amide bonds. The summed E-state index contributed by atoms with van der Waals surface area (Å²) in [5.41, 5.74) is 4.08. The van der Waals surface area contributed by atoms with Crippen LogP contribution >= 0.6 is 0 Å². The Bertz CT molecular complexity index is 1270. The average molecular weight is 420 g/mol. The summed E-state index contributed by atoms with van der Waals surface area (Å²) in [5, 5.41) is 0.772. The van der Waals surface area contributed by atoms with Crippen molar-refractivity contribution in [3.8, 4) is 17.2 Å². The van der Waals surface area contributed by atoms with Gasteiger partial charge in [-0.15, -0.1) is 0 Å². The lowest BCUT2D eigenvalue weighted by atomic mass is 9.86. The number of rotatable bonds is 3. The summed E-state index contributed by atoms with van der Waals surface area (Å²) < 4.78 is 22.9. The van der Waals surface area contributed by atoms with Crippen LogP contribution in [0.5, 0.6) is 17.2 Å². The Morgan fingerprint density at radius 2 is 1.71 bits per heavy atom. The molecule has 0 saturated carbocycles. The third-order valence-electron chi connectivity index (χ3n) is 6.35. The molecular formula is C25H24O6. The summed E-state index contributed by atoms with van der Waals surface area (Å²) in [5.74, 6) is 1.76. The Morgan fingerprint density at radius 3 is 2.45 bits per heavy atom. The summed E-state index contributed by atoms with van der Waals surface area (Å²) in [6.45, 7) is 1.86. The fourth-order valence-corrected chi connectivity index (χ4v) is 4.85. The summed E-state index contributed by atoms with van der Waals surface area (Å²) in [6.07, 6.45) is 3.21. The van der Waals surface area contributed by atoms with Crippen molar-refractivity contribution in [2.24, 2.45) is 0 Å². The van der Waals surface area contributed by atoms with Gasteiger partial charge >= 0.3 is 5.63 Å². The monoisotopic (exact) mass is 420 g/mol. The first-order valence-electron chi connectivity index (χ1n) is 10.6. The highest BCUT2D eigenvalue weighted by molar-refractivity contribution is 6.07. The number of carbonyl (C=O) groups excluding carboxylic acids is 1. The quantitative estimate of drug-likeness (QED) is 0.572. The van der Waals surface area contributed by atoms with E-state index < -0.39 is 6.10 Å². The Kier molecular flexibility index (Phi) is 4.73. The fourth-order valence-electron chi connectivity index (χ4n) is 4.85. The van der Waals surface area contributed by atoms with Crippen LogP contribution in [0.1, 0.15) is 58.0 Å². The molecule has 0 bridgehead atoms. The van der Waals surface area contributed by atoms with Crippen LogP contribution in [0.25, 0.3) is 11.0 Å². The topological polar surface area (TPSA) is 75.0 Å². The number of aryl methyl sites for hydroxylation is 2. The zero-order valence-electron chi connectivity index (χ0n) is 17.9. The van der Waals surface area contributed by atoms with Crippen molar-refractivity contribution in [2.45, 2.75) is 45.1 Å². The van der Waals surface area contributed by atoms with Gasteiger partial charge in [0.2, 0.25) is 0 Å². The maximum Gasteiger partial charge on any atom is 0.339 e. The van der Waals surface area contributed by atoms with Crippen molar-refractivity contribution in [2.75, 3.05) is 14.2 Å². The van der Waals surface area contributed by atoms with Crippen molar-refractivity contribution in [1.82, 2.24) is 0 Å². The Hall–Kier alpha value is -3.28. The fraction of sp³-hybridized carbons (Fsp3) is 0.360. The molecule has 160 valence electrons. The third kappa shape index (κ3) is 3.09. The lowest BCUT2D eigenvalue weighted by Gasteiger charge is -2.29. The van der Waals surface area contributed by atoms with Gasteiger partial charge in [0, 0.05) is 5.56 Å². The van der Waals surface area contributed by atoms with Crippen molar-refractivity contribution < 1.29 is 23.4 Å². The van der Waals surface area contributed by atoms with Gasteiger partial charge in [0.05, 0.1) is 31.6 Å². The summed E-state index contributed by atoms with van der Waals surface area (Å²) >= 11 is 0. The molecule has 6 nitrogen and oxygen atoms in total. The van der Waals surface area contributed by atoms with Gasteiger partial charge in [-0.1, -0.05) is 6.07 Å². The second-order valence-corrected chi connectivity index (χ2v) is 8.17. The van der Waals surface area contributed by atoms with Crippen LogP contribution in [0, 0.1) is 6.92 Å². The summed E-state index contributed by atoms with van der Waals surface area (Å²) in [4.78, 5) is 25.8. The van der Waals surface area contributed by atoms with Gasteiger partial charge in [-0.3, -0.25) is 4.79 Å². The van der Waals surface area contributed by atoms with Crippen LogP contribution in [0.15, 0.2) is 33.5 Å². The van der Waals surface area contributed by atoms with Crippen molar-refractivity contribution >= 4 is 16.8 Å². The minimum Gasteiger partial charge on any atom is -0.493 e. The van der Waals surface area contributed by atoms with Crippen molar-refractivity contribution in [3.05, 3.63) is 62.5 Å². The zero-order chi connectivity index (χ0) is 21.7. The molecule has 1 aliphatic heterocycles. The van der Waals surface area contributed by atoms with Crippen LogP contribution in [0.2, 0.25) is 0 Å². The molecule has 2 heterocycles. The molecule has 31 heavy (non-hydrogen) atoms. The number of fused-ring (bicyclic) bond motifs is 5. The first-order valence-corrected chi connectivity index (χ1v) is 10.6. The van der Waals surface area contributed by atoms with E-state index in [2.05, 4.69) is 0 Å². The number of carbonyl (C=O) groups is 1. The number of hydrogen-bond donors (Lipinski definition) is 0. The average Bonchev–Trinajstić information content (AvgIpc) is 2.78. The molecule has 0 N–H and O–H groups in total. The second kappa shape index (κ2) is 7.45. The Balaban J connectivity index is 1.70. The van der Waals surface area contributed by atoms with E-state index in [9.17, 15) is 9.59 Å². The predicted octanol–water partition coefficient (Wildman–Crippen LogP) is 4.70. The molecule has 1 unspecified atom stereocenters. The third-order valence-corrected chi connectivity index (χ3v) is 6.35. The molecule has 1 atom stereocenters. The lowest BCUT2D eigenvalue weighted by molar-refractivity contribution is 0.0852. The van der Waals surface area contributed by atoms with Crippen molar-refractivity contribution in [1.29, 1.82) is 0 Å². The van der Waals surface area contributed by atoms with Crippen LogP contribution < -0.4 is 19.8 Å². The van der Waals surface area contributed by atoms with Gasteiger partial charge in [-0.2, -0.15) is 0 Å². The smallest absolute Gasteiger partial charge is 0.339 e. The second-order valence-electron chi connectivity index (χ2n) is 8.17. The highest BCUT2D eigenvalue weighted by Gasteiger charge is 2.33. The molecule has 2 aromatic carbocycles. The molecule has 0 radical (unpaired) electrons. The van der Waals surface area contributed by atoms with Gasteiger partial charge in [-0.25, -0.2) is 4.79 Å². The van der Waals surface area contributed by atoms with E-state index in [0.717, 1.165) is 41.3 Å². The van der Waals surface area contributed by atoms with E-state index >= 15 is 0 Å². The minimum absolute atomic E-state index is 0.0243. The van der Waals surface area contributed by atoms with Crippen LogP contribution in [0.3, 0.4) is 0 Å². The highest BCUT2D eigenvalue weighted by Crippen LogP contribution is 2.45. The van der Waals surface area contributed by atoms with Gasteiger partial charge < -0.3 is 18.6 Å². The van der Waals surface area contributed by atoms with E-state index in [1.807, 2.05) is 25.1 Å². The van der Waals surface area contributed by atoms with Crippen LogP contribution in [0.4, 0.5) is 0 Å². The Morgan fingerprint density at radius 1 is 0.968 bits per heavy atom. The molecule has 0 spiro atoms. The molecule has 5 rings (SSSR count). The molecule has 0 saturated heterocycles. The van der Waals surface area contributed by atoms with Crippen LogP contribution in [-0.4, -0.2) is 20.0 Å². The number of ketones is 1. The summed E-state index contributed by atoms with van der Waals surface area (Å²) in [6, 6.07) is 7.34. The normalized spacial score (nSPS) is 17.6. The number of ether oxygens (including phenoxy) is 3. The SMILES string of the molecule is COc1ccc(C2CC(=O)c3c(C)cc4oc(=O)c5c(c4c3O2)CCCC5)cc1OC. The van der Waals surface area contributed by atoms with E-state index in [1.165, 1.54) is 0 Å². The van der Waals surface area contributed by atoms with Crippen LogP contribution in [-0.2, 0) is 12.8 Å². The molecule has 1 aromatic heterocycles. The number of Topliss-reactive ketones (excluding diaryl/α,β-unsaturated/α-hetero) is 1. The predicted molar refractivity (Wildman–Crippen MR) is 116 cm³/mol. The van der Waals surface area contributed by atoms with E-state index in [-0.39, 0.29) is 17.8 Å². The first kappa shape index (κ1) is 19.7. The van der Waals surface area contributed by atoms with E-state index in [1.54, 1.807) is 20.3 Å². The molecule has 3 aromatic rings. The van der Waals surface area contributed by atoms with Gasteiger partial charge in [-0.05, 0) is 67.5 Å². The van der Waals surface area contributed by atoms with Gasteiger partial charge in [0.1, 0.15) is 17.4 Å². The van der Waals surface area contributed by atoms with Gasteiger partial charge in [0.25, 0.3) is 0 Å². The minimum atomic E-state index is -0.462. The van der Waals surface area contributed by atoms with Gasteiger partial charge in [0.15, 0.2) is 17.3 Å². The molecule has 0 fully saturated rings. The number of hydrogen-bond acceptors (Lipinski definition) is 6. The molecule has 1 aliphatic carbocycles. The maximum absolute atomic E-state index is 13.2. The molecule has 6 heteroatoms. The Labute approximate surface area is 179 Å². The maximum atomic E-state index is 13.2. The highest BCUT2D eigenvalue weighted by atomic mass is 16.5. The summed E-state index contributed by atoms with van der Waals surface area (Å²) in [7, 11) is 3.16. The van der Waals surface area contributed by atoms with E-state index in [4.69, 9.17) is 18.6 Å².